The summed E-state index contributed by atoms with van der Waals surface area (Å²) >= 11 is 1.46. The molecule has 0 heterocycles. The molecule has 3 nitrogen and oxygen atoms in total. The van der Waals surface area contributed by atoms with Crippen molar-refractivity contribution in [3.05, 3.63) is 65.7 Å². The molecule has 0 spiro atoms. The maximum absolute atomic E-state index is 12.5. The van der Waals surface area contributed by atoms with E-state index in [0.717, 1.165) is 17.7 Å². The van der Waals surface area contributed by atoms with Crippen LogP contribution in [0.3, 0.4) is 0 Å². The third-order valence-electron chi connectivity index (χ3n) is 4.42. The van der Waals surface area contributed by atoms with Crippen molar-refractivity contribution < 1.29 is 9.90 Å². The minimum atomic E-state index is -0.561. The second-order valence-corrected chi connectivity index (χ2v) is 7.66. The summed E-state index contributed by atoms with van der Waals surface area (Å²) in [5, 5.41) is 13.1. The van der Waals surface area contributed by atoms with E-state index in [1.54, 1.807) is 0 Å². The predicted octanol–water partition coefficient (Wildman–Crippen LogP) is 4.99. The molecule has 0 aliphatic rings. The van der Waals surface area contributed by atoms with E-state index in [1.165, 1.54) is 17.3 Å². The molecule has 1 amide bonds. The predicted molar refractivity (Wildman–Crippen MR) is 107 cm³/mol. The van der Waals surface area contributed by atoms with Gasteiger partial charge in [0.15, 0.2) is 0 Å². The molecule has 0 radical (unpaired) electrons. The summed E-state index contributed by atoms with van der Waals surface area (Å²) in [4.78, 5) is 12.5. The third kappa shape index (κ3) is 5.62. The number of aliphatic hydroxyl groups excluding tert-OH is 1. The molecule has 0 aliphatic heterocycles. The van der Waals surface area contributed by atoms with Gasteiger partial charge >= 0.3 is 0 Å². The fraction of sp³-hybridized carbons (Fsp3) is 0.381. The molecule has 2 aromatic carbocycles. The Kier molecular flexibility index (Phi) is 7.53. The summed E-state index contributed by atoms with van der Waals surface area (Å²) in [5.74, 6) is 0.867. The number of rotatable bonds is 8. The van der Waals surface area contributed by atoms with Gasteiger partial charge in [0, 0.05) is 11.4 Å². The van der Waals surface area contributed by atoms with E-state index in [-0.39, 0.29) is 11.2 Å². The Labute approximate surface area is 154 Å². The number of nitrogens with one attached hydrogen (secondary N) is 1. The maximum Gasteiger partial charge on any atom is 0.237 e. The molecule has 2 N–H and O–H groups in total. The summed E-state index contributed by atoms with van der Waals surface area (Å²) < 4.78 is 0. The first-order valence-corrected chi connectivity index (χ1v) is 9.82. The maximum atomic E-state index is 12.5. The number of anilines is 1. The minimum Gasteiger partial charge on any atom is -0.388 e. The fourth-order valence-corrected chi connectivity index (χ4v) is 3.45. The van der Waals surface area contributed by atoms with Gasteiger partial charge in [-0.15, -0.1) is 11.8 Å². The van der Waals surface area contributed by atoms with Crippen molar-refractivity contribution in [3.8, 4) is 0 Å². The second kappa shape index (κ2) is 9.64. The standard InChI is InChI=1S/C21H27NO2S/c1-4-15(2)18-12-8-9-13-19(18)22-21(24)16(3)25-14-20(23)17-10-6-5-7-11-17/h5-13,15-16,20,23H,4,14H2,1-3H3,(H,22,24). The van der Waals surface area contributed by atoms with E-state index < -0.39 is 6.10 Å². The largest absolute Gasteiger partial charge is 0.388 e. The van der Waals surface area contributed by atoms with Gasteiger partial charge in [-0.25, -0.2) is 0 Å². The van der Waals surface area contributed by atoms with Gasteiger partial charge in [0.05, 0.1) is 11.4 Å². The van der Waals surface area contributed by atoms with Crippen LogP contribution in [0.25, 0.3) is 0 Å². The molecular formula is C21H27NO2S. The molecule has 0 bridgehead atoms. The summed E-state index contributed by atoms with van der Waals surface area (Å²) in [6.45, 7) is 6.19. The van der Waals surface area contributed by atoms with Gasteiger partial charge in [-0.1, -0.05) is 62.4 Å². The topological polar surface area (TPSA) is 49.3 Å². The number of para-hydroxylation sites is 1. The van der Waals surface area contributed by atoms with E-state index in [4.69, 9.17) is 0 Å². The van der Waals surface area contributed by atoms with E-state index in [1.807, 2.05) is 55.5 Å². The van der Waals surface area contributed by atoms with Crippen LogP contribution in [-0.4, -0.2) is 22.0 Å². The average Bonchev–Trinajstić information content (AvgIpc) is 2.66. The zero-order valence-electron chi connectivity index (χ0n) is 15.1. The van der Waals surface area contributed by atoms with Crippen molar-refractivity contribution >= 4 is 23.4 Å². The van der Waals surface area contributed by atoms with Crippen molar-refractivity contribution in [1.29, 1.82) is 0 Å². The zero-order chi connectivity index (χ0) is 18.2. The molecular weight excluding hydrogens is 330 g/mol. The van der Waals surface area contributed by atoms with Gasteiger partial charge in [0.25, 0.3) is 0 Å². The van der Waals surface area contributed by atoms with E-state index in [2.05, 4.69) is 25.2 Å². The first kappa shape index (κ1) is 19.5. The van der Waals surface area contributed by atoms with Crippen LogP contribution in [0.2, 0.25) is 0 Å². The molecule has 4 heteroatoms. The molecule has 3 atom stereocenters. The van der Waals surface area contributed by atoms with Crippen molar-refractivity contribution in [3.63, 3.8) is 0 Å². The van der Waals surface area contributed by atoms with Crippen LogP contribution in [0.5, 0.6) is 0 Å². The van der Waals surface area contributed by atoms with Gasteiger partial charge in [-0.3, -0.25) is 4.79 Å². The summed E-state index contributed by atoms with van der Waals surface area (Å²) in [6, 6.07) is 17.5. The molecule has 2 rings (SSSR count). The molecule has 2 aromatic rings. The van der Waals surface area contributed by atoms with Gasteiger partial charge in [-0.2, -0.15) is 0 Å². The quantitative estimate of drug-likeness (QED) is 0.699. The van der Waals surface area contributed by atoms with Crippen LogP contribution < -0.4 is 5.32 Å². The Balaban J connectivity index is 1.93. The number of carbonyl (C=O) groups excluding carboxylic acids is 1. The molecule has 0 aliphatic carbocycles. The number of amides is 1. The molecule has 0 aromatic heterocycles. The third-order valence-corrected chi connectivity index (χ3v) is 5.64. The van der Waals surface area contributed by atoms with Crippen molar-refractivity contribution in [2.45, 2.75) is 44.5 Å². The van der Waals surface area contributed by atoms with Gasteiger partial charge < -0.3 is 10.4 Å². The smallest absolute Gasteiger partial charge is 0.237 e. The Bertz CT molecular complexity index is 675. The lowest BCUT2D eigenvalue weighted by Gasteiger charge is -2.18. The van der Waals surface area contributed by atoms with Crippen LogP contribution in [0.1, 0.15) is 50.3 Å². The van der Waals surface area contributed by atoms with Crippen molar-refractivity contribution in [1.82, 2.24) is 0 Å². The van der Waals surface area contributed by atoms with E-state index >= 15 is 0 Å². The lowest BCUT2D eigenvalue weighted by molar-refractivity contribution is -0.115. The molecule has 134 valence electrons. The fourth-order valence-electron chi connectivity index (χ4n) is 2.58. The molecule has 0 saturated carbocycles. The molecule has 3 unspecified atom stereocenters. The normalized spacial score (nSPS) is 14.6. The summed E-state index contributed by atoms with van der Waals surface area (Å²) in [5.41, 5.74) is 2.93. The highest BCUT2D eigenvalue weighted by Crippen LogP contribution is 2.28. The first-order chi connectivity index (χ1) is 12.0. The minimum absolute atomic E-state index is 0.0268. The molecule has 0 saturated heterocycles. The van der Waals surface area contributed by atoms with E-state index in [9.17, 15) is 9.90 Å². The second-order valence-electron chi connectivity index (χ2n) is 6.29. The van der Waals surface area contributed by atoms with Crippen LogP contribution in [0, 0.1) is 0 Å². The number of benzene rings is 2. The number of thioether (sulfide) groups is 1. The summed E-state index contributed by atoms with van der Waals surface area (Å²) in [6.07, 6.45) is 0.467. The van der Waals surface area contributed by atoms with Crippen molar-refractivity contribution in [2.75, 3.05) is 11.1 Å². The zero-order valence-corrected chi connectivity index (χ0v) is 15.9. The number of carbonyl (C=O) groups is 1. The lowest BCUT2D eigenvalue weighted by atomic mass is 9.97. The highest BCUT2D eigenvalue weighted by molar-refractivity contribution is 8.00. The number of hydrogen-bond donors (Lipinski definition) is 2. The Hall–Kier alpha value is -1.78. The molecule has 0 fully saturated rings. The van der Waals surface area contributed by atoms with E-state index in [0.29, 0.717) is 11.7 Å². The van der Waals surface area contributed by atoms with Gasteiger partial charge in [0.2, 0.25) is 5.91 Å². The van der Waals surface area contributed by atoms with Crippen LogP contribution in [-0.2, 0) is 4.79 Å². The Morgan fingerprint density at radius 2 is 1.72 bits per heavy atom. The summed E-state index contributed by atoms with van der Waals surface area (Å²) in [7, 11) is 0. The van der Waals surface area contributed by atoms with Crippen LogP contribution >= 0.6 is 11.8 Å². The highest BCUT2D eigenvalue weighted by Gasteiger charge is 2.18. The first-order valence-electron chi connectivity index (χ1n) is 8.77. The lowest BCUT2D eigenvalue weighted by Crippen LogP contribution is -2.24. The van der Waals surface area contributed by atoms with Crippen LogP contribution in [0.4, 0.5) is 5.69 Å². The Morgan fingerprint density at radius 3 is 2.40 bits per heavy atom. The van der Waals surface area contributed by atoms with Gasteiger partial charge in [0.1, 0.15) is 0 Å². The Morgan fingerprint density at radius 1 is 1.08 bits per heavy atom. The highest BCUT2D eigenvalue weighted by atomic mass is 32.2. The number of aliphatic hydroxyl groups is 1. The van der Waals surface area contributed by atoms with Crippen molar-refractivity contribution in [2.24, 2.45) is 0 Å². The average molecular weight is 358 g/mol. The van der Waals surface area contributed by atoms with Crippen LogP contribution in [0.15, 0.2) is 54.6 Å². The number of hydrogen-bond acceptors (Lipinski definition) is 3. The SMILES string of the molecule is CCC(C)c1ccccc1NC(=O)C(C)SCC(O)c1ccccc1. The van der Waals surface area contributed by atoms with Gasteiger partial charge in [-0.05, 0) is 36.5 Å². The monoisotopic (exact) mass is 357 g/mol. The molecule has 25 heavy (non-hydrogen) atoms.